The van der Waals surface area contributed by atoms with E-state index in [1.54, 1.807) is 0 Å². The highest BCUT2D eigenvalue weighted by Gasteiger charge is 2.31. The van der Waals surface area contributed by atoms with Crippen LogP contribution >= 0.6 is 0 Å². The SMILES string of the molecule is CCCCC/C=C/C/C=C/C/C=C/C/C=C/CCCCCCCC(=O)OCC(COCCC(C(=O)O)[N+](C)(C)C)OC(=O)CCCCCCCCC/C=C/C/C=C/CCCCCCCCCC. The number of likely N-dealkylation sites (N-methyl/N-ethyl adjacent to an activating group) is 1. The first-order valence-electron chi connectivity index (χ1n) is 27.5. The number of rotatable bonds is 49. The number of hydrogen-bond donors (Lipinski definition) is 1. The predicted octanol–water partition coefficient (Wildman–Crippen LogP) is 16.3. The largest absolute Gasteiger partial charge is 0.477 e. The van der Waals surface area contributed by atoms with Crippen LogP contribution in [0.1, 0.15) is 232 Å². The lowest BCUT2D eigenvalue weighted by Crippen LogP contribution is -2.50. The zero-order valence-corrected chi connectivity index (χ0v) is 44.1. The van der Waals surface area contributed by atoms with E-state index in [1.807, 2.05) is 21.1 Å². The smallest absolute Gasteiger partial charge is 0.362 e. The van der Waals surface area contributed by atoms with Crippen molar-refractivity contribution in [1.29, 1.82) is 0 Å². The van der Waals surface area contributed by atoms with Gasteiger partial charge in [0.2, 0.25) is 0 Å². The number of esters is 2. The van der Waals surface area contributed by atoms with Crippen molar-refractivity contribution in [3.8, 4) is 0 Å². The minimum Gasteiger partial charge on any atom is -0.477 e. The van der Waals surface area contributed by atoms with Crippen LogP contribution < -0.4 is 0 Å². The van der Waals surface area contributed by atoms with Gasteiger partial charge in [0.05, 0.1) is 34.4 Å². The number of carboxylic acid groups (broad SMARTS) is 1. The molecule has 67 heavy (non-hydrogen) atoms. The van der Waals surface area contributed by atoms with Gasteiger partial charge in [-0.25, -0.2) is 4.79 Å². The average Bonchev–Trinajstić information content (AvgIpc) is 3.29. The summed E-state index contributed by atoms with van der Waals surface area (Å²) in [7, 11) is 5.53. The van der Waals surface area contributed by atoms with Gasteiger partial charge in [-0.1, -0.05) is 196 Å². The molecular formula is C59H104NO7+. The average molecular weight is 939 g/mol. The van der Waals surface area contributed by atoms with Crippen LogP contribution in [0.2, 0.25) is 0 Å². The van der Waals surface area contributed by atoms with Crippen LogP contribution in [-0.2, 0) is 28.6 Å². The van der Waals surface area contributed by atoms with Crippen LogP contribution in [0.15, 0.2) is 72.9 Å². The van der Waals surface area contributed by atoms with Gasteiger partial charge in [-0.3, -0.25) is 9.59 Å². The van der Waals surface area contributed by atoms with E-state index in [4.69, 9.17) is 14.2 Å². The first-order valence-corrected chi connectivity index (χ1v) is 27.5. The lowest BCUT2D eigenvalue weighted by atomic mass is 10.1. The molecule has 0 aliphatic heterocycles. The Labute approximate surface area is 412 Å². The third-order valence-electron chi connectivity index (χ3n) is 12.1. The minimum absolute atomic E-state index is 0.0488. The Kier molecular flexibility index (Phi) is 46.8. The normalized spacial score (nSPS) is 13.4. The van der Waals surface area contributed by atoms with Gasteiger partial charge in [-0.05, 0) is 89.9 Å². The van der Waals surface area contributed by atoms with Gasteiger partial charge in [-0.15, -0.1) is 0 Å². The van der Waals surface area contributed by atoms with Crippen molar-refractivity contribution in [3.63, 3.8) is 0 Å². The fourth-order valence-corrected chi connectivity index (χ4v) is 7.81. The molecule has 0 rings (SSSR count). The number of carbonyl (C=O) groups is 3. The molecule has 2 unspecified atom stereocenters. The van der Waals surface area contributed by atoms with E-state index < -0.39 is 18.1 Å². The summed E-state index contributed by atoms with van der Waals surface area (Å²) in [6.45, 7) is 4.69. The van der Waals surface area contributed by atoms with Gasteiger partial charge >= 0.3 is 17.9 Å². The number of hydrogen-bond acceptors (Lipinski definition) is 6. The van der Waals surface area contributed by atoms with Gasteiger partial charge in [-0.2, -0.15) is 0 Å². The van der Waals surface area contributed by atoms with Crippen molar-refractivity contribution >= 4 is 17.9 Å². The summed E-state index contributed by atoms with van der Waals surface area (Å²) in [6.07, 6.45) is 63.8. The molecule has 0 amide bonds. The molecule has 0 aliphatic carbocycles. The molecule has 0 aromatic rings. The van der Waals surface area contributed by atoms with Crippen molar-refractivity contribution in [1.82, 2.24) is 0 Å². The second-order valence-electron chi connectivity index (χ2n) is 19.5. The van der Waals surface area contributed by atoms with Crippen molar-refractivity contribution in [2.45, 2.75) is 244 Å². The number of aliphatic carboxylic acids is 1. The summed E-state index contributed by atoms with van der Waals surface area (Å²) >= 11 is 0. The highest BCUT2D eigenvalue weighted by molar-refractivity contribution is 5.72. The number of unbranched alkanes of at least 4 members (excludes halogenated alkanes) is 23. The second kappa shape index (κ2) is 49.2. The first-order chi connectivity index (χ1) is 32.6. The molecule has 8 heteroatoms. The number of ether oxygens (including phenoxy) is 3. The first kappa shape index (κ1) is 63.8. The standard InChI is InChI=1S/C59H103NO7/c1-6-8-10-12-14-16-18-20-22-24-26-28-30-32-34-36-38-40-42-44-46-48-50-58(62)67-55(53-65-52-51-56(59(63)64)60(3,4)5)54-66-57(61)49-47-45-43-41-39-37-35-33-31-29-27-25-23-21-19-17-15-13-11-9-7-2/h15,17,21,23-24,26-27,29-30,32-33,35,55-56H,6-14,16,18-20,22,25,28,31,34,36-54H2,1-5H3/p+1/b17-15+,23-21+,26-24+,29-27+,32-30+,35-33+. The number of nitrogens with zero attached hydrogens (tertiary/aromatic N) is 1. The van der Waals surface area contributed by atoms with E-state index in [9.17, 15) is 19.5 Å². The Morgan fingerprint density at radius 3 is 1.19 bits per heavy atom. The molecular weight excluding hydrogens is 835 g/mol. The lowest BCUT2D eigenvalue weighted by Gasteiger charge is -2.31. The molecule has 0 bridgehead atoms. The molecule has 8 nitrogen and oxygen atoms in total. The molecule has 2 atom stereocenters. The Bertz CT molecular complexity index is 1320. The number of carboxylic acids is 1. The van der Waals surface area contributed by atoms with E-state index in [-0.39, 0.29) is 36.2 Å². The summed E-state index contributed by atoms with van der Waals surface area (Å²) in [5, 5.41) is 9.67. The molecule has 1 N–H and O–H groups in total. The predicted molar refractivity (Wildman–Crippen MR) is 284 cm³/mol. The number of carbonyl (C=O) groups excluding carboxylic acids is 2. The van der Waals surface area contributed by atoms with Crippen LogP contribution in [0.4, 0.5) is 0 Å². The maximum atomic E-state index is 12.8. The number of quaternary nitrogens is 1. The van der Waals surface area contributed by atoms with Gasteiger partial charge in [0, 0.05) is 19.3 Å². The van der Waals surface area contributed by atoms with E-state index in [0.29, 0.717) is 19.3 Å². The molecule has 0 heterocycles. The summed E-state index contributed by atoms with van der Waals surface area (Å²) in [5.41, 5.74) is 0. The van der Waals surface area contributed by atoms with Crippen LogP contribution in [0.25, 0.3) is 0 Å². The van der Waals surface area contributed by atoms with Crippen molar-refractivity contribution in [2.75, 3.05) is 41.0 Å². The Morgan fingerprint density at radius 1 is 0.448 bits per heavy atom. The fraction of sp³-hybridized carbons (Fsp3) is 0.746. The van der Waals surface area contributed by atoms with Crippen molar-refractivity contribution in [3.05, 3.63) is 72.9 Å². The molecule has 0 radical (unpaired) electrons. The second-order valence-corrected chi connectivity index (χ2v) is 19.5. The molecule has 0 fully saturated rings. The van der Waals surface area contributed by atoms with Gasteiger partial charge in [0.25, 0.3) is 0 Å². The molecule has 386 valence electrons. The molecule has 0 saturated heterocycles. The topological polar surface area (TPSA) is 99.1 Å². The zero-order valence-electron chi connectivity index (χ0n) is 44.1. The maximum Gasteiger partial charge on any atom is 0.362 e. The van der Waals surface area contributed by atoms with Crippen LogP contribution in [0, 0.1) is 0 Å². The highest BCUT2D eigenvalue weighted by Crippen LogP contribution is 2.14. The lowest BCUT2D eigenvalue weighted by molar-refractivity contribution is -0.887. The molecule has 0 aliphatic rings. The Morgan fingerprint density at radius 2 is 0.791 bits per heavy atom. The summed E-state index contributed by atoms with van der Waals surface area (Å²) in [6, 6.07) is -0.624. The fourth-order valence-electron chi connectivity index (χ4n) is 7.81. The van der Waals surface area contributed by atoms with E-state index >= 15 is 0 Å². The third kappa shape index (κ3) is 47.6. The van der Waals surface area contributed by atoms with Crippen molar-refractivity contribution < 1.29 is 38.2 Å². The van der Waals surface area contributed by atoms with Crippen molar-refractivity contribution in [2.24, 2.45) is 0 Å². The molecule has 0 spiro atoms. The van der Waals surface area contributed by atoms with Crippen LogP contribution in [0.5, 0.6) is 0 Å². The Hall–Kier alpha value is -3.23. The zero-order chi connectivity index (χ0) is 49.2. The van der Waals surface area contributed by atoms with Gasteiger partial charge in [0.1, 0.15) is 6.61 Å². The summed E-state index contributed by atoms with van der Waals surface area (Å²) < 4.78 is 17.4. The van der Waals surface area contributed by atoms with Gasteiger partial charge in [0.15, 0.2) is 12.1 Å². The van der Waals surface area contributed by atoms with Gasteiger partial charge < -0.3 is 23.8 Å². The maximum absolute atomic E-state index is 12.8. The van der Waals surface area contributed by atoms with E-state index in [0.717, 1.165) is 89.9 Å². The van der Waals surface area contributed by atoms with E-state index in [2.05, 4.69) is 86.8 Å². The van der Waals surface area contributed by atoms with Crippen LogP contribution in [-0.4, -0.2) is 80.6 Å². The highest BCUT2D eigenvalue weighted by atomic mass is 16.6. The Balaban J connectivity index is 4.28. The molecule has 0 aromatic carbocycles. The van der Waals surface area contributed by atoms with Crippen LogP contribution in [0.3, 0.4) is 0 Å². The van der Waals surface area contributed by atoms with E-state index in [1.165, 1.54) is 109 Å². The summed E-state index contributed by atoms with van der Waals surface area (Å²) in [5.74, 6) is -1.50. The summed E-state index contributed by atoms with van der Waals surface area (Å²) in [4.78, 5) is 37.2. The minimum atomic E-state index is -0.880. The third-order valence-corrected chi connectivity index (χ3v) is 12.1. The quantitative estimate of drug-likeness (QED) is 0.0281. The number of allylic oxidation sites excluding steroid dienone is 12. The molecule has 0 aromatic heterocycles. The molecule has 0 saturated carbocycles. The monoisotopic (exact) mass is 939 g/mol.